The van der Waals surface area contributed by atoms with Crippen LogP contribution in [-0.4, -0.2) is 13.7 Å². The third kappa shape index (κ3) is 3.94. The first-order chi connectivity index (χ1) is 11.8. The van der Waals surface area contributed by atoms with E-state index in [1.54, 1.807) is 7.11 Å². The molecule has 0 heterocycles. The maximum Gasteiger partial charge on any atom is 0.119 e. The van der Waals surface area contributed by atoms with Crippen molar-refractivity contribution in [2.45, 2.75) is 6.04 Å². The zero-order valence-corrected chi connectivity index (χ0v) is 13.7. The Morgan fingerprint density at radius 3 is 2.21 bits per heavy atom. The molecule has 122 valence electrons. The van der Waals surface area contributed by atoms with Crippen LogP contribution in [0.2, 0.25) is 0 Å². The molecule has 0 aliphatic heterocycles. The number of methoxy groups -OCH3 is 1. The quantitative estimate of drug-likeness (QED) is 0.730. The summed E-state index contributed by atoms with van der Waals surface area (Å²) in [4.78, 5) is 0. The molecule has 0 bridgehead atoms. The highest BCUT2D eigenvalue weighted by atomic mass is 16.5. The second-order valence-electron chi connectivity index (χ2n) is 5.58. The van der Waals surface area contributed by atoms with E-state index >= 15 is 0 Å². The van der Waals surface area contributed by atoms with Gasteiger partial charge in [0.15, 0.2) is 0 Å². The summed E-state index contributed by atoms with van der Waals surface area (Å²) in [5.74, 6) is 1.61. The molecule has 3 aromatic rings. The Bertz CT molecular complexity index is 769. The van der Waals surface area contributed by atoms with Gasteiger partial charge in [0.2, 0.25) is 0 Å². The van der Waals surface area contributed by atoms with Crippen molar-refractivity contribution < 1.29 is 9.47 Å². The molecule has 1 unspecified atom stereocenters. The molecule has 0 radical (unpaired) electrons. The molecule has 0 spiro atoms. The molecule has 0 aromatic heterocycles. The highest BCUT2D eigenvalue weighted by Gasteiger charge is 2.08. The van der Waals surface area contributed by atoms with Crippen molar-refractivity contribution in [3.05, 3.63) is 84.4 Å². The summed E-state index contributed by atoms with van der Waals surface area (Å²) in [5, 5.41) is 0. The molecule has 0 aliphatic carbocycles. The Balaban J connectivity index is 1.62. The Morgan fingerprint density at radius 2 is 1.50 bits per heavy atom. The molecule has 3 nitrogen and oxygen atoms in total. The lowest BCUT2D eigenvalue weighted by Crippen LogP contribution is -2.19. The second kappa shape index (κ2) is 7.66. The number of benzene rings is 3. The summed E-state index contributed by atoms with van der Waals surface area (Å²) < 4.78 is 11.0. The molecular formula is C21H21NO2. The van der Waals surface area contributed by atoms with Crippen LogP contribution >= 0.6 is 0 Å². The highest BCUT2D eigenvalue weighted by Crippen LogP contribution is 2.23. The van der Waals surface area contributed by atoms with Gasteiger partial charge in [-0.05, 0) is 41.0 Å². The fraction of sp³-hybridized carbons (Fsp3) is 0.143. The number of hydrogen-bond donors (Lipinski definition) is 1. The van der Waals surface area contributed by atoms with Gasteiger partial charge < -0.3 is 15.2 Å². The minimum atomic E-state index is -0.200. The third-order valence-electron chi connectivity index (χ3n) is 3.91. The van der Waals surface area contributed by atoms with Crippen molar-refractivity contribution in [2.75, 3.05) is 13.7 Å². The van der Waals surface area contributed by atoms with Gasteiger partial charge in [-0.3, -0.25) is 0 Å². The average Bonchev–Trinajstić information content (AvgIpc) is 2.67. The monoisotopic (exact) mass is 319 g/mol. The fourth-order valence-corrected chi connectivity index (χ4v) is 2.53. The third-order valence-corrected chi connectivity index (χ3v) is 3.91. The lowest BCUT2D eigenvalue weighted by atomic mass is 10.1. The van der Waals surface area contributed by atoms with Gasteiger partial charge in [0.25, 0.3) is 0 Å². The Morgan fingerprint density at radius 1 is 0.792 bits per heavy atom. The minimum absolute atomic E-state index is 0.200. The van der Waals surface area contributed by atoms with Gasteiger partial charge in [-0.15, -0.1) is 0 Å². The van der Waals surface area contributed by atoms with E-state index in [9.17, 15) is 0 Å². The van der Waals surface area contributed by atoms with Crippen molar-refractivity contribution in [1.82, 2.24) is 0 Å². The standard InChI is InChI=1S/C21H21NO2/c1-23-20-9-5-8-18(14-20)21(22)15-24-19-12-10-17(11-13-19)16-6-3-2-4-7-16/h2-14,21H,15,22H2,1H3. The lowest BCUT2D eigenvalue weighted by Gasteiger charge is -2.14. The van der Waals surface area contributed by atoms with E-state index in [0.717, 1.165) is 17.1 Å². The van der Waals surface area contributed by atoms with Gasteiger partial charge in [0.05, 0.1) is 13.2 Å². The first-order valence-corrected chi connectivity index (χ1v) is 7.94. The molecule has 2 N–H and O–H groups in total. The molecule has 0 aliphatic rings. The lowest BCUT2D eigenvalue weighted by molar-refractivity contribution is 0.290. The fourth-order valence-electron chi connectivity index (χ4n) is 2.53. The van der Waals surface area contributed by atoms with Gasteiger partial charge in [-0.2, -0.15) is 0 Å². The molecule has 0 saturated heterocycles. The number of rotatable bonds is 6. The van der Waals surface area contributed by atoms with E-state index in [1.807, 2.05) is 54.6 Å². The molecule has 0 saturated carbocycles. The molecule has 0 amide bonds. The average molecular weight is 319 g/mol. The first kappa shape index (κ1) is 16.1. The van der Waals surface area contributed by atoms with Crippen LogP contribution in [0, 0.1) is 0 Å². The van der Waals surface area contributed by atoms with Crippen LogP contribution in [-0.2, 0) is 0 Å². The smallest absolute Gasteiger partial charge is 0.119 e. The zero-order chi connectivity index (χ0) is 16.8. The summed E-state index contributed by atoms with van der Waals surface area (Å²) in [6.07, 6.45) is 0. The van der Waals surface area contributed by atoms with Crippen LogP contribution in [0.1, 0.15) is 11.6 Å². The van der Waals surface area contributed by atoms with Gasteiger partial charge in [0.1, 0.15) is 18.1 Å². The second-order valence-corrected chi connectivity index (χ2v) is 5.58. The molecule has 3 rings (SSSR count). The van der Waals surface area contributed by atoms with Crippen LogP contribution in [0.5, 0.6) is 11.5 Å². The van der Waals surface area contributed by atoms with Gasteiger partial charge in [-0.1, -0.05) is 54.6 Å². The van der Waals surface area contributed by atoms with E-state index in [4.69, 9.17) is 15.2 Å². The molecular weight excluding hydrogens is 298 g/mol. The van der Waals surface area contributed by atoms with Crippen molar-refractivity contribution in [3.8, 4) is 22.6 Å². The normalized spacial score (nSPS) is 11.8. The SMILES string of the molecule is COc1cccc(C(N)COc2ccc(-c3ccccc3)cc2)c1. The van der Waals surface area contributed by atoms with Gasteiger partial charge in [-0.25, -0.2) is 0 Å². The number of ether oxygens (including phenoxy) is 2. The van der Waals surface area contributed by atoms with Crippen LogP contribution in [0.15, 0.2) is 78.9 Å². The van der Waals surface area contributed by atoms with Crippen molar-refractivity contribution >= 4 is 0 Å². The van der Waals surface area contributed by atoms with E-state index in [2.05, 4.69) is 24.3 Å². The van der Waals surface area contributed by atoms with Crippen molar-refractivity contribution in [1.29, 1.82) is 0 Å². The van der Waals surface area contributed by atoms with Gasteiger partial charge in [0, 0.05) is 0 Å². The van der Waals surface area contributed by atoms with E-state index < -0.39 is 0 Å². The first-order valence-electron chi connectivity index (χ1n) is 7.94. The summed E-state index contributed by atoms with van der Waals surface area (Å²) in [6, 6.07) is 25.9. The van der Waals surface area contributed by atoms with Crippen molar-refractivity contribution in [2.24, 2.45) is 5.73 Å². The predicted octanol–water partition coefficient (Wildman–Crippen LogP) is 4.44. The number of nitrogens with two attached hydrogens (primary N) is 1. The summed E-state index contributed by atoms with van der Waals surface area (Å²) in [6.45, 7) is 0.415. The van der Waals surface area contributed by atoms with Crippen LogP contribution in [0.25, 0.3) is 11.1 Å². The van der Waals surface area contributed by atoms with Gasteiger partial charge >= 0.3 is 0 Å². The Hall–Kier alpha value is -2.78. The summed E-state index contributed by atoms with van der Waals surface area (Å²) >= 11 is 0. The van der Waals surface area contributed by atoms with E-state index in [1.165, 1.54) is 11.1 Å². The van der Waals surface area contributed by atoms with E-state index in [-0.39, 0.29) is 6.04 Å². The largest absolute Gasteiger partial charge is 0.497 e. The Labute approximate surface area is 142 Å². The van der Waals surface area contributed by atoms with Crippen LogP contribution < -0.4 is 15.2 Å². The molecule has 3 heteroatoms. The zero-order valence-electron chi connectivity index (χ0n) is 13.7. The molecule has 3 aromatic carbocycles. The Kier molecular flexibility index (Phi) is 5.14. The molecule has 1 atom stereocenters. The molecule has 0 fully saturated rings. The summed E-state index contributed by atoms with van der Waals surface area (Å²) in [7, 11) is 1.65. The molecule has 24 heavy (non-hydrogen) atoms. The maximum atomic E-state index is 6.21. The minimum Gasteiger partial charge on any atom is -0.497 e. The highest BCUT2D eigenvalue weighted by molar-refractivity contribution is 5.63. The van der Waals surface area contributed by atoms with E-state index in [0.29, 0.717) is 6.61 Å². The topological polar surface area (TPSA) is 44.5 Å². The van der Waals surface area contributed by atoms with Crippen LogP contribution in [0.3, 0.4) is 0 Å². The number of hydrogen-bond acceptors (Lipinski definition) is 3. The predicted molar refractivity (Wildman–Crippen MR) is 97.3 cm³/mol. The maximum absolute atomic E-state index is 6.21. The summed E-state index contributed by atoms with van der Waals surface area (Å²) in [5.41, 5.74) is 9.56. The van der Waals surface area contributed by atoms with Crippen molar-refractivity contribution in [3.63, 3.8) is 0 Å². The van der Waals surface area contributed by atoms with Crippen LogP contribution in [0.4, 0.5) is 0 Å².